The van der Waals surface area contributed by atoms with Gasteiger partial charge in [-0.15, -0.1) is 0 Å². The molecule has 0 amide bonds. The minimum atomic E-state index is -0.0972. The first-order valence-electron chi connectivity index (χ1n) is 8.31. The fourth-order valence-electron chi connectivity index (χ4n) is 3.17. The molecule has 0 aliphatic rings. The molecule has 0 saturated heterocycles. The lowest BCUT2D eigenvalue weighted by molar-refractivity contribution is 0.103. The van der Waals surface area contributed by atoms with Gasteiger partial charge in [-0.25, -0.2) is 0 Å². The summed E-state index contributed by atoms with van der Waals surface area (Å²) in [6.07, 6.45) is 0. The smallest absolute Gasteiger partial charge is 0.197 e. The molecule has 6 heteroatoms. The number of halogens is 3. The van der Waals surface area contributed by atoms with E-state index in [1.807, 2.05) is 36.9 Å². The van der Waals surface area contributed by atoms with Gasteiger partial charge < -0.3 is 4.57 Å². The zero-order chi connectivity index (χ0) is 18.8. The van der Waals surface area contributed by atoms with Crippen LogP contribution in [0.25, 0.3) is 10.9 Å². The van der Waals surface area contributed by atoms with Crippen molar-refractivity contribution in [3.05, 3.63) is 67.7 Å². The van der Waals surface area contributed by atoms with Gasteiger partial charge in [0.15, 0.2) is 5.78 Å². The Bertz CT molecular complexity index is 984. The molecule has 0 radical (unpaired) electrons. The molecule has 0 bridgehead atoms. The van der Waals surface area contributed by atoms with Gasteiger partial charge in [-0.05, 0) is 46.8 Å². The Morgan fingerprint density at radius 1 is 1.19 bits per heavy atom. The normalized spacial score (nSPS) is 11.3. The van der Waals surface area contributed by atoms with Crippen LogP contribution in [0.4, 0.5) is 0 Å². The first-order chi connectivity index (χ1) is 12.5. The second-order valence-corrected chi connectivity index (χ2v) is 8.91. The molecule has 0 aliphatic carbocycles. The summed E-state index contributed by atoms with van der Waals surface area (Å²) in [6, 6.07) is 11.1. The molecule has 0 atom stereocenters. The van der Waals surface area contributed by atoms with Crippen molar-refractivity contribution in [2.75, 3.05) is 11.5 Å². The van der Waals surface area contributed by atoms with Crippen molar-refractivity contribution in [1.29, 1.82) is 0 Å². The molecule has 136 valence electrons. The highest BCUT2D eigenvalue weighted by atomic mass is 79.9. The summed E-state index contributed by atoms with van der Waals surface area (Å²) < 4.78 is 3.20. The molecule has 0 saturated carbocycles. The molecule has 26 heavy (non-hydrogen) atoms. The molecule has 2 aromatic carbocycles. The van der Waals surface area contributed by atoms with Gasteiger partial charge in [-0.2, -0.15) is 11.8 Å². The fourth-order valence-corrected chi connectivity index (χ4v) is 4.74. The van der Waals surface area contributed by atoms with Gasteiger partial charge >= 0.3 is 0 Å². The predicted octanol–water partition coefficient (Wildman–Crippen LogP) is 7.00. The maximum atomic E-state index is 13.3. The van der Waals surface area contributed by atoms with Crippen LogP contribution in [0, 0.1) is 6.92 Å². The van der Waals surface area contributed by atoms with Crippen molar-refractivity contribution in [2.45, 2.75) is 20.4 Å². The summed E-state index contributed by atoms with van der Waals surface area (Å²) in [5.74, 6) is 1.97. The lowest BCUT2D eigenvalue weighted by atomic mass is 10.0. The average molecular weight is 471 g/mol. The Morgan fingerprint density at radius 2 is 1.92 bits per heavy atom. The third kappa shape index (κ3) is 3.57. The minimum Gasteiger partial charge on any atom is -0.342 e. The number of ketones is 1. The van der Waals surface area contributed by atoms with Crippen LogP contribution in [0.1, 0.15) is 28.5 Å². The summed E-state index contributed by atoms with van der Waals surface area (Å²) >= 11 is 18.0. The van der Waals surface area contributed by atoms with Crippen LogP contribution in [-0.4, -0.2) is 21.9 Å². The van der Waals surface area contributed by atoms with E-state index in [0.29, 0.717) is 21.2 Å². The van der Waals surface area contributed by atoms with Crippen LogP contribution in [0.3, 0.4) is 0 Å². The molecule has 0 fully saturated rings. The van der Waals surface area contributed by atoms with E-state index in [0.717, 1.165) is 39.1 Å². The monoisotopic (exact) mass is 469 g/mol. The van der Waals surface area contributed by atoms with Crippen LogP contribution in [0.15, 0.2) is 40.9 Å². The molecule has 0 spiro atoms. The quantitative estimate of drug-likeness (QED) is 0.285. The van der Waals surface area contributed by atoms with Gasteiger partial charge in [0.1, 0.15) is 0 Å². The maximum Gasteiger partial charge on any atom is 0.197 e. The van der Waals surface area contributed by atoms with Gasteiger partial charge in [-0.3, -0.25) is 4.79 Å². The Labute approximate surface area is 176 Å². The van der Waals surface area contributed by atoms with Gasteiger partial charge in [0.25, 0.3) is 0 Å². The highest BCUT2D eigenvalue weighted by Gasteiger charge is 2.24. The van der Waals surface area contributed by atoms with E-state index in [4.69, 9.17) is 23.2 Å². The highest BCUT2D eigenvalue weighted by molar-refractivity contribution is 9.10. The molecular formula is C20H18BrCl2NOS. The second kappa shape index (κ2) is 8.39. The van der Waals surface area contributed by atoms with Crippen LogP contribution in [0.2, 0.25) is 10.0 Å². The summed E-state index contributed by atoms with van der Waals surface area (Å²) in [7, 11) is 0. The molecule has 2 nitrogen and oxygen atoms in total. The van der Waals surface area contributed by atoms with Crippen molar-refractivity contribution >= 4 is 67.6 Å². The van der Waals surface area contributed by atoms with Crippen molar-refractivity contribution < 1.29 is 4.79 Å². The average Bonchev–Trinajstić information content (AvgIpc) is 2.90. The van der Waals surface area contributed by atoms with E-state index < -0.39 is 0 Å². The Kier molecular flexibility index (Phi) is 6.39. The fraction of sp³-hybridized carbons (Fsp3) is 0.250. The van der Waals surface area contributed by atoms with Crippen molar-refractivity contribution in [3.63, 3.8) is 0 Å². The molecule has 3 aromatic rings. The number of nitrogens with zero attached hydrogens (tertiary/aromatic N) is 1. The third-order valence-electron chi connectivity index (χ3n) is 4.38. The number of fused-ring (bicyclic) bond motifs is 1. The molecule has 0 aliphatic heterocycles. The predicted molar refractivity (Wildman–Crippen MR) is 117 cm³/mol. The summed E-state index contributed by atoms with van der Waals surface area (Å²) in [5, 5.41) is 1.62. The minimum absolute atomic E-state index is 0.0972. The first-order valence-corrected chi connectivity index (χ1v) is 11.0. The van der Waals surface area contributed by atoms with E-state index in [1.165, 1.54) is 0 Å². The standard InChI is InChI=1S/C20H18BrCl2NOS/c1-3-26-11-10-24-12(2)17(13-6-4-8-15(21)19(13)24)20(25)14-7-5-9-16(22)18(14)23/h4-9H,3,10-11H2,1-2H3. The maximum absolute atomic E-state index is 13.3. The van der Waals surface area contributed by atoms with Crippen molar-refractivity contribution in [1.82, 2.24) is 4.57 Å². The van der Waals surface area contributed by atoms with E-state index in [-0.39, 0.29) is 5.78 Å². The van der Waals surface area contributed by atoms with E-state index >= 15 is 0 Å². The number of benzene rings is 2. The van der Waals surface area contributed by atoms with Crippen LogP contribution < -0.4 is 0 Å². The summed E-state index contributed by atoms with van der Waals surface area (Å²) in [6.45, 7) is 4.99. The number of aryl methyl sites for hydroxylation is 1. The molecule has 0 N–H and O–H groups in total. The lowest BCUT2D eigenvalue weighted by Gasteiger charge is -2.09. The van der Waals surface area contributed by atoms with Crippen molar-refractivity contribution in [3.8, 4) is 0 Å². The van der Waals surface area contributed by atoms with Gasteiger partial charge in [-0.1, -0.05) is 48.3 Å². The second-order valence-electron chi connectivity index (χ2n) is 5.88. The molecule has 3 rings (SSSR count). The SMILES string of the molecule is CCSCCn1c(C)c(C(=O)c2cccc(Cl)c2Cl)c2cccc(Br)c21. The summed E-state index contributed by atoms with van der Waals surface area (Å²) in [4.78, 5) is 13.3. The van der Waals surface area contributed by atoms with Crippen LogP contribution >= 0.6 is 50.9 Å². The number of carbonyl (C=O) groups is 1. The number of para-hydroxylation sites is 1. The van der Waals surface area contributed by atoms with E-state index in [9.17, 15) is 4.79 Å². The zero-order valence-corrected chi connectivity index (χ0v) is 18.4. The molecule has 1 heterocycles. The molecule has 1 aromatic heterocycles. The number of rotatable bonds is 6. The number of carbonyl (C=O) groups excluding carboxylic acids is 1. The van der Waals surface area contributed by atoms with E-state index in [2.05, 4.69) is 27.4 Å². The molecule has 0 unspecified atom stereocenters. The summed E-state index contributed by atoms with van der Waals surface area (Å²) in [5.41, 5.74) is 3.11. The number of hydrogen-bond acceptors (Lipinski definition) is 2. The third-order valence-corrected chi connectivity index (χ3v) is 6.72. The number of aromatic nitrogens is 1. The van der Waals surface area contributed by atoms with Crippen LogP contribution in [0.5, 0.6) is 0 Å². The van der Waals surface area contributed by atoms with Gasteiger partial charge in [0.2, 0.25) is 0 Å². The number of thioether (sulfide) groups is 1. The Balaban J connectivity index is 2.20. The number of hydrogen-bond donors (Lipinski definition) is 0. The van der Waals surface area contributed by atoms with Gasteiger partial charge in [0, 0.05) is 33.4 Å². The Morgan fingerprint density at radius 3 is 2.65 bits per heavy atom. The topological polar surface area (TPSA) is 22.0 Å². The molecular weight excluding hydrogens is 453 g/mol. The lowest BCUT2D eigenvalue weighted by Crippen LogP contribution is -2.07. The van der Waals surface area contributed by atoms with Gasteiger partial charge in [0.05, 0.1) is 21.1 Å². The zero-order valence-electron chi connectivity index (χ0n) is 14.5. The van der Waals surface area contributed by atoms with Crippen LogP contribution in [-0.2, 0) is 6.54 Å². The highest BCUT2D eigenvalue weighted by Crippen LogP contribution is 2.35. The largest absolute Gasteiger partial charge is 0.342 e. The first kappa shape index (κ1) is 19.8. The van der Waals surface area contributed by atoms with Crippen molar-refractivity contribution in [2.24, 2.45) is 0 Å². The Hall–Kier alpha value is -0.940. The van der Waals surface area contributed by atoms with E-state index in [1.54, 1.807) is 18.2 Å².